The van der Waals surface area contributed by atoms with Crippen LogP contribution in [0.15, 0.2) is 24.3 Å². The van der Waals surface area contributed by atoms with Gasteiger partial charge in [0.15, 0.2) is 0 Å². The first-order valence-electron chi connectivity index (χ1n) is 10.7. The number of hydrogen-bond donors (Lipinski definition) is 0. The molecule has 2 aliphatic carbocycles. The van der Waals surface area contributed by atoms with Gasteiger partial charge in [-0.2, -0.15) is 0 Å². The molecule has 1 aromatic rings. The molecule has 1 aromatic carbocycles. The molecule has 0 N–H and O–H groups in total. The number of esters is 2. The Labute approximate surface area is 169 Å². The van der Waals surface area contributed by atoms with Gasteiger partial charge in [0.25, 0.3) is 0 Å². The number of carbonyl (C=O) groups excluding carboxylic acids is 2. The van der Waals surface area contributed by atoms with Crippen molar-refractivity contribution in [3.63, 3.8) is 0 Å². The van der Waals surface area contributed by atoms with Gasteiger partial charge in [-0.25, -0.2) is 9.59 Å². The van der Waals surface area contributed by atoms with Crippen LogP contribution in [-0.4, -0.2) is 24.1 Å². The molecule has 4 heteroatoms. The third-order valence-corrected chi connectivity index (χ3v) is 6.23. The highest BCUT2D eigenvalue weighted by Crippen LogP contribution is 2.38. The molecule has 0 radical (unpaired) electrons. The lowest BCUT2D eigenvalue weighted by molar-refractivity contribution is -0.000435. The fourth-order valence-electron chi connectivity index (χ4n) is 4.73. The molecule has 0 heterocycles. The van der Waals surface area contributed by atoms with Crippen LogP contribution < -0.4 is 0 Å². The minimum Gasteiger partial charge on any atom is -0.459 e. The van der Waals surface area contributed by atoms with E-state index in [1.807, 2.05) is 0 Å². The largest absolute Gasteiger partial charge is 0.459 e. The highest BCUT2D eigenvalue weighted by molar-refractivity contribution is 6.03. The van der Waals surface area contributed by atoms with Crippen LogP contribution in [0, 0.1) is 10.8 Å². The summed E-state index contributed by atoms with van der Waals surface area (Å²) in [5.41, 5.74) is 1.00. The average molecular weight is 387 g/mol. The van der Waals surface area contributed by atoms with Gasteiger partial charge in [-0.05, 0) is 74.3 Å². The third-order valence-electron chi connectivity index (χ3n) is 6.23. The van der Waals surface area contributed by atoms with E-state index in [-0.39, 0.29) is 23.0 Å². The van der Waals surface area contributed by atoms with Crippen LogP contribution in [0.25, 0.3) is 0 Å². The Hall–Kier alpha value is -1.84. The fraction of sp³-hybridized carbons (Fsp3) is 0.667. The van der Waals surface area contributed by atoms with E-state index in [0.717, 1.165) is 51.4 Å². The Kier molecular flexibility index (Phi) is 6.16. The number of ether oxygens (including phenoxy) is 2. The molecule has 154 valence electrons. The zero-order valence-corrected chi connectivity index (χ0v) is 17.8. The first kappa shape index (κ1) is 20.9. The lowest BCUT2D eigenvalue weighted by Crippen LogP contribution is -2.31. The van der Waals surface area contributed by atoms with Gasteiger partial charge in [-0.15, -0.1) is 0 Å². The van der Waals surface area contributed by atoms with Crippen LogP contribution in [0.4, 0.5) is 0 Å². The van der Waals surface area contributed by atoms with Crippen molar-refractivity contribution in [1.29, 1.82) is 0 Å². The summed E-state index contributed by atoms with van der Waals surface area (Å²) >= 11 is 0. The number of benzene rings is 1. The molecule has 0 saturated heterocycles. The zero-order valence-electron chi connectivity index (χ0n) is 17.8. The summed E-state index contributed by atoms with van der Waals surface area (Å²) < 4.78 is 11.6. The van der Waals surface area contributed by atoms with Crippen LogP contribution >= 0.6 is 0 Å². The smallest absolute Gasteiger partial charge is 0.339 e. The molecule has 0 aliphatic heterocycles. The predicted octanol–water partition coefficient (Wildman–Crippen LogP) is 5.94. The maximum Gasteiger partial charge on any atom is 0.339 e. The van der Waals surface area contributed by atoms with Gasteiger partial charge in [0.1, 0.15) is 12.2 Å². The van der Waals surface area contributed by atoms with Crippen LogP contribution in [0.5, 0.6) is 0 Å². The van der Waals surface area contributed by atoms with Crippen molar-refractivity contribution < 1.29 is 19.1 Å². The maximum absolute atomic E-state index is 12.8. The van der Waals surface area contributed by atoms with Crippen LogP contribution in [-0.2, 0) is 9.47 Å². The van der Waals surface area contributed by atoms with Crippen molar-refractivity contribution in [2.24, 2.45) is 10.8 Å². The van der Waals surface area contributed by atoms with Crippen molar-refractivity contribution in [3.05, 3.63) is 35.4 Å². The Morgan fingerprint density at radius 2 is 1.18 bits per heavy atom. The molecule has 28 heavy (non-hydrogen) atoms. The predicted molar refractivity (Wildman–Crippen MR) is 109 cm³/mol. The Bertz CT molecular complexity index is 658. The second kappa shape index (κ2) is 8.26. The molecule has 0 amide bonds. The van der Waals surface area contributed by atoms with Gasteiger partial charge in [-0.1, -0.05) is 39.8 Å². The maximum atomic E-state index is 12.8. The third kappa shape index (κ3) is 5.36. The minimum atomic E-state index is -0.417. The van der Waals surface area contributed by atoms with E-state index >= 15 is 0 Å². The van der Waals surface area contributed by atoms with Gasteiger partial charge in [-0.3, -0.25) is 0 Å². The molecule has 4 nitrogen and oxygen atoms in total. The number of hydrogen-bond acceptors (Lipinski definition) is 4. The van der Waals surface area contributed by atoms with E-state index in [0.29, 0.717) is 11.1 Å². The number of rotatable bonds is 4. The van der Waals surface area contributed by atoms with Crippen LogP contribution in [0.1, 0.15) is 99.8 Å². The van der Waals surface area contributed by atoms with Crippen molar-refractivity contribution in [3.8, 4) is 0 Å². The second-order valence-corrected chi connectivity index (χ2v) is 10.1. The average Bonchev–Trinajstić information content (AvgIpc) is 2.60. The molecular formula is C24H34O4. The molecule has 2 unspecified atom stereocenters. The van der Waals surface area contributed by atoms with E-state index in [4.69, 9.17) is 9.47 Å². The fourth-order valence-corrected chi connectivity index (χ4v) is 4.73. The van der Waals surface area contributed by atoms with E-state index in [2.05, 4.69) is 27.7 Å². The highest BCUT2D eigenvalue weighted by Gasteiger charge is 2.33. The summed E-state index contributed by atoms with van der Waals surface area (Å²) in [5.74, 6) is -0.835. The summed E-state index contributed by atoms with van der Waals surface area (Å²) in [5, 5.41) is 0. The lowest BCUT2D eigenvalue weighted by Gasteiger charge is -2.35. The van der Waals surface area contributed by atoms with E-state index in [1.165, 1.54) is 0 Å². The van der Waals surface area contributed by atoms with Gasteiger partial charge >= 0.3 is 11.9 Å². The van der Waals surface area contributed by atoms with E-state index < -0.39 is 11.9 Å². The van der Waals surface area contributed by atoms with Gasteiger partial charge in [0, 0.05) is 0 Å². The number of carbonyl (C=O) groups is 2. The standard InChI is InChI=1S/C24H34O4/c1-23(2)13-7-9-17(15-23)27-21(25)19-11-5-6-12-20(19)22(26)28-18-10-8-14-24(3,4)16-18/h5-6,11-12,17-18H,7-10,13-16H2,1-4H3. The first-order valence-corrected chi connectivity index (χ1v) is 10.7. The summed E-state index contributed by atoms with van der Waals surface area (Å²) in [7, 11) is 0. The molecular weight excluding hydrogens is 352 g/mol. The van der Waals surface area contributed by atoms with E-state index in [9.17, 15) is 9.59 Å². The monoisotopic (exact) mass is 386 g/mol. The highest BCUT2D eigenvalue weighted by atomic mass is 16.5. The first-order chi connectivity index (χ1) is 13.2. The zero-order chi connectivity index (χ0) is 20.4. The van der Waals surface area contributed by atoms with Crippen LogP contribution in [0.3, 0.4) is 0 Å². The Balaban J connectivity index is 1.68. The Morgan fingerprint density at radius 1 is 0.786 bits per heavy atom. The van der Waals surface area contributed by atoms with Gasteiger partial charge in [0.05, 0.1) is 11.1 Å². The van der Waals surface area contributed by atoms with E-state index in [1.54, 1.807) is 24.3 Å². The molecule has 2 fully saturated rings. The molecule has 3 rings (SSSR count). The van der Waals surface area contributed by atoms with Crippen molar-refractivity contribution in [2.75, 3.05) is 0 Å². The summed E-state index contributed by atoms with van der Waals surface area (Å²) in [4.78, 5) is 25.6. The topological polar surface area (TPSA) is 52.6 Å². The second-order valence-electron chi connectivity index (χ2n) is 10.1. The summed E-state index contributed by atoms with van der Waals surface area (Å²) in [6, 6.07) is 6.86. The minimum absolute atomic E-state index is 0.0838. The molecule has 2 saturated carbocycles. The summed E-state index contributed by atoms with van der Waals surface area (Å²) in [6.07, 6.45) is 7.77. The molecule has 0 spiro atoms. The normalized spacial score (nSPS) is 26.3. The molecule has 0 aromatic heterocycles. The molecule has 0 bridgehead atoms. The van der Waals surface area contributed by atoms with Crippen molar-refractivity contribution >= 4 is 11.9 Å². The molecule has 2 atom stereocenters. The molecule has 2 aliphatic rings. The Morgan fingerprint density at radius 3 is 1.54 bits per heavy atom. The van der Waals surface area contributed by atoms with Crippen LogP contribution in [0.2, 0.25) is 0 Å². The SMILES string of the molecule is CC1(C)CCCC(OC(=O)c2ccccc2C(=O)OC2CCCC(C)(C)C2)C1. The quantitative estimate of drug-likeness (QED) is 0.601. The van der Waals surface area contributed by atoms with Gasteiger partial charge < -0.3 is 9.47 Å². The van der Waals surface area contributed by atoms with Gasteiger partial charge in [0.2, 0.25) is 0 Å². The van der Waals surface area contributed by atoms with Crippen molar-refractivity contribution in [1.82, 2.24) is 0 Å². The summed E-state index contributed by atoms with van der Waals surface area (Å²) in [6.45, 7) is 8.85. The lowest BCUT2D eigenvalue weighted by atomic mass is 9.76. The van der Waals surface area contributed by atoms with Crippen molar-refractivity contribution in [2.45, 2.75) is 91.3 Å².